The summed E-state index contributed by atoms with van der Waals surface area (Å²) in [6.07, 6.45) is 9.26. The van der Waals surface area contributed by atoms with Gasteiger partial charge in [-0.25, -0.2) is 14.6 Å². The van der Waals surface area contributed by atoms with Gasteiger partial charge in [-0.3, -0.25) is 9.98 Å². The van der Waals surface area contributed by atoms with Crippen LogP contribution < -0.4 is 10.2 Å². The molecule has 0 aliphatic carbocycles. The first kappa shape index (κ1) is 21.7. The maximum absolute atomic E-state index is 5.44. The monoisotopic (exact) mass is 455 g/mol. The fraction of sp³-hybridized carbons (Fsp3) is 0.250. The average molecular weight is 456 g/mol. The Morgan fingerprint density at radius 1 is 1.18 bits per heavy atom. The molecule has 5 rings (SSSR count). The number of nitrogens with one attached hydrogen (secondary N) is 1. The van der Waals surface area contributed by atoms with Gasteiger partial charge in [-0.15, -0.1) is 5.10 Å². The van der Waals surface area contributed by atoms with Crippen molar-refractivity contribution >= 4 is 47.0 Å². The molecule has 1 aromatic carbocycles. The summed E-state index contributed by atoms with van der Waals surface area (Å²) in [6.45, 7) is 9.27. The number of aliphatic imine (C=N–C) groups is 1. The van der Waals surface area contributed by atoms with Crippen molar-refractivity contribution in [3.63, 3.8) is 0 Å². The van der Waals surface area contributed by atoms with Gasteiger partial charge >= 0.3 is 0 Å². The number of morpholine rings is 1. The van der Waals surface area contributed by atoms with Crippen LogP contribution in [-0.2, 0) is 11.3 Å². The zero-order valence-corrected chi connectivity index (χ0v) is 18.9. The number of pyridine rings is 1. The van der Waals surface area contributed by atoms with Crippen LogP contribution in [0.25, 0.3) is 17.4 Å². The van der Waals surface area contributed by atoms with E-state index in [4.69, 9.17) is 9.72 Å². The second-order valence-electron chi connectivity index (χ2n) is 7.86. The molecule has 0 bridgehead atoms. The fourth-order valence-electron chi connectivity index (χ4n) is 3.89. The van der Waals surface area contributed by atoms with E-state index in [9.17, 15) is 0 Å². The number of hydrogen-bond acceptors (Lipinski definition) is 9. The number of allylic oxidation sites excluding steroid dienone is 1. The van der Waals surface area contributed by atoms with Gasteiger partial charge in [0.1, 0.15) is 0 Å². The molecule has 1 fully saturated rings. The first-order valence-electron chi connectivity index (χ1n) is 11.1. The second kappa shape index (κ2) is 9.75. The van der Waals surface area contributed by atoms with Gasteiger partial charge in [0.05, 0.1) is 55.4 Å². The van der Waals surface area contributed by atoms with Gasteiger partial charge in [-0.05, 0) is 37.4 Å². The highest BCUT2D eigenvalue weighted by atomic mass is 16.5. The van der Waals surface area contributed by atoms with Gasteiger partial charge in [0, 0.05) is 18.7 Å². The van der Waals surface area contributed by atoms with E-state index in [1.54, 1.807) is 17.1 Å². The Bertz CT molecular complexity index is 1340. The zero-order valence-electron chi connectivity index (χ0n) is 18.9. The van der Waals surface area contributed by atoms with Gasteiger partial charge in [-0.2, -0.15) is 0 Å². The van der Waals surface area contributed by atoms with Crippen LogP contribution in [0.1, 0.15) is 18.1 Å². The predicted molar refractivity (Wildman–Crippen MR) is 133 cm³/mol. The van der Waals surface area contributed by atoms with Crippen LogP contribution in [0, 0.1) is 0 Å². The predicted octanol–water partition coefficient (Wildman–Crippen LogP) is 3.61. The third-order valence-electron chi connectivity index (χ3n) is 5.54. The summed E-state index contributed by atoms with van der Waals surface area (Å²) in [5.74, 6) is 0.595. The van der Waals surface area contributed by atoms with E-state index in [0.29, 0.717) is 23.7 Å². The van der Waals surface area contributed by atoms with Crippen molar-refractivity contribution in [3.8, 4) is 0 Å². The van der Waals surface area contributed by atoms with E-state index in [-0.39, 0.29) is 0 Å². The van der Waals surface area contributed by atoms with Gasteiger partial charge in [0.25, 0.3) is 0 Å². The Morgan fingerprint density at radius 3 is 2.88 bits per heavy atom. The highest BCUT2D eigenvalue weighted by Crippen LogP contribution is 2.24. The number of rotatable bonds is 7. The van der Waals surface area contributed by atoms with Gasteiger partial charge in [-0.1, -0.05) is 23.4 Å². The Balaban J connectivity index is 1.38. The summed E-state index contributed by atoms with van der Waals surface area (Å²) in [5.41, 5.74) is 5.85. The number of fused-ring (bicyclic) bond motifs is 1. The molecule has 4 aromatic rings. The van der Waals surface area contributed by atoms with E-state index in [1.807, 2.05) is 37.4 Å². The molecule has 10 nitrogen and oxygen atoms in total. The summed E-state index contributed by atoms with van der Waals surface area (Å²) in [4.78, 5) is 19.9. The Labute approximate surface area is 197 Å². The number of nitrogens with zero attached hydrogens (tertiary/aromatic N) is 8. The van der Waals surface area contributed by atoms with Crippen molar-refractivity contribution in [2.24, 2.45) is 4.99 Å². The molecule has 0 amide bonds. The number of benzene rings is 1. The molecule has 0 unspecified atom stereocenters. The largest absolute Gasteiger partial charge is 0.378 e. The maximum Gasteiger partial charge on any atom is 0.221 e. The second-order valence-corrected chi connectivity index (χ2v) is 7.86. The number of hydrogen-bond donors (Lipinski definition) is 1. The van der Waals surface area contributed by atoms with Crippen LogP contribution in [0.2, 0.25) is 0 Å². The van der Waals surface area contributed by atoms with Crippen LogP contribution >= 0.6 is 0 Å². The first-order chi connectivity index (χ1) is 16.7. The van der Waals surface area contributed by atoms with Gasteiger partial charge in [0.15, 0.2) is 11.5 Å². The normalized spacial score (nSPS) is 14.1. The van der Waals surface area contributed by atoms with Gasteiger partial charge < -0.3 is 15.0 Å². The molecule has 0 spiro atoms. The van der Waals surface area contributed by atoms with E-state index < -0.39 is 0 Å². The standard InChI is InChI=1S/C24H25N9O/c1-3-4-18-11-17(5-6-21(18)25-2)16-33-24-23(30-31-33)27-15-22(29-24)28-19-12-20(14-26-13-19)32-7-9-34-10-8-32/h3-6,11-15H,2,7-10,16H2,1H3,(H,28,29)/b4-3-. The minimum Gasteiger partial charge on any atom is -0.378 e. The summed E-state index contributed by atoms with van der Waals surface area (Å²) >= 11 is 0. The minimum absolute atomic E-state index is 0.490. The third-order valence-corrected chi connectivity index (χ3v) is 5.54. The molecule has 10 heteroatoms. The molecule has 0 atom stereocenters. The Hall–Kier alpha value is -4.18. The smallest absolute Gasteiger partial charge is 0.221 e. The van der Waals surface area contributed by atoms with Crippen LogP contribution in [0.3, 0.4) is 0 Å². The summed E-state index contributed by atoms with van der Waals surface area (Å²) in [6, 6.07) is 8.07. The van der Waals surface area contributed by atoms with Gasteiger partial charge in [0.2, 0.25) is 5.65 Å². The molecule has 1 aliphatic heterocycles. The number of anilines is 3. The van der Waals surface area contributed by atoms with E-state index in [2.05, 4.69) is 54.3 Å². The quantitative estimate of drug-likeness (QED) is 0.421. The number of ether oxygens (including phenoxy) is 1. The zero-order chi connectivity index (χ0) is 23.3. The molecule has 4 heterocycles. The molecule has 1 saturated heterocycles. The first-order valence-corrected chi connectivity index (χ1v) is 11.1. The molecule has 3 aromatic heterocycles. The third kappa shape index (κ3) is 4.62. The molecule has 0 radical (unpaired) electrons. The minimum atomic E-state index is 0.490. The van der Waals surface area contributed by atoms with Crippen molar-refractivity contribution in [3.05, 3.63) is 60.1 Å². The van der Waals surface area contributed by atoms with Crippen LogP contribution in [0.5, 0.6) is 0 Å². The lowest BCUT2D eigenvalue weighted by atomic mass is 10.1. The number of aromatic nitrogens is 6. The Kier molecular flexibility index (Phi) is 6.21. The Morgan fingerprint density at radius 2 is 2.06 bits per heavy atom. The molecular weight excluding hydrogens is 430 g/mol. The lowest BCUT2D eigenvalue weighted by Crippen LogP contribution is -2.36. The lowest BCUT2D eigenvalue weighted by Gasteiger charge is -2.28. The van der Waals surface area contributed by atoms with Crippen molar-refractivity contribution in [1.29, 1.82) is 0 Å². The van der Waals surface area contributed by atoms with Crippen molar-refractivity contribution in [1.82, 2.24) is 29.9 Å². The molecule has 172 valence electrons. The highest BCUT2D eigenvalue weighted by Gasteiger charge is 2.13. The van der Waals surface area contributed by atoms with E-state index in [1.165, 1.54) is 0 Å². The van der Waals surface area contributed by atoms with Crippen molar-refractivity contribution < 1.29 is 4.74 Å². The van der Waals surface area contributed by atoms with Crippen LogP contribution in [-0.4, -0.2) is 63.0 Å². The van der Waals surface area contributed by atoms with Crippen molar-refractivity contribution in [2.75, 3.05) is 36.5 Å². The summed E-state index contributed by atoms with van der Waals surface area (Å²) in [5, 5.41) is 11.7. The fourth-order valence-corrected chi connectivity index (χ4v) is 3.89. The lowest BCUT2D eigenvalue weighted by molar-refractivity contribution is 0.122. The summed E-state index contributed by atoms with van der Waals surface area (Å²) < 4.78 is 7.19. The average Bonchev–Trinajstić information content (AvgIpc) is 3.27. The highest BCUT2D eigenvalue weighted by molar-refractivity contribution is 5.70. The molecule has 0 saturated carbocycles. The van der Waals surface area contributed by atoms with E-state index >= 15 is 0 Å². The summed E-state index contributed by atoms with van der Waals surface area (Å²) in [7, 11) is 0. The molecule has 1 aliphatic rings. The van der Waals surface area contributed by atoms with Crippen LogP contribution in [0.15, 0.2) is 53.9 Å². The molecule has 1 N–H and O–H groups in total. The SMILES string of the molecule is C=Nc1ccc(Cn2nnc3ncc(Nc4cncc(N5CCOCC5)c4)nc32)cc1/C=C\C. The topological polar surface area (TPSA) is 106 Å². The molecular formula is C24H25N9O. The van der Waals surface area contributed by atoms with Crippen molar-refractivity contribution in [2.45, 2.75) is 13.5 Å². The van der Waals surface area contributed by atoms with E-state index in [0.717, 1.165) is 54.5 Å². The maximum atomic E-state index is 5.44. The van der Waals surface area contributed by atoms with Crippen LogP contribution in [0.4, 0.5) is 22.9 Å². The molecule has 34 heavy (non-hydrogen) atoms.